The number of carbonyl (C=O) groups is 1. The molecular weight excluding hydrogens is 204 g/mol. The lowest BCUT2D eigenvalue weighted by molar-refractivity contribution is 0.0697. The molecule has 0 fully saturated rings. The molecule has 0 aliphatic carbocycles. The average Bonchev–Trinajstić information content (AvgIpc) is 2.56. The SMILES string of the molecule is CC(C)Cc1cc2ccc(C(=O)O)cc2o1. The van der Waals surface area contributed by atoms with E-state index in [2.05, 4.69) is 13.8 Å². The minimum Gasteiger partial charge on any atom is -0.478 e. The highest BCUT2D eigenvalue weighted by atomic mass is 16.4. The van der Waals surface area contributed by atoms with Gasteiger partial charge in [-0.3, -0.25) is 0 Å². The first kappa shape index (κ1) is 10.7. The highest BCUT2D eigenvalue weighted by Crippen LogP contribution is 2.22. The van der Waals surface area contributed by atoms with Crippen molar-refractivity contribution < 1.29 is 14.3 Å². The molecule has 1 aromatic heterocycles. The van der Waals surface area contributed by atoms with Gasteiger partial charge < -0.3 is 9.52 Å². The van der Waals surface area contributed by atoms with E-state index in [9.17, 15) is 4.79 Å². The molecule has 1 heterocycles. The monoisotopic (exact) mass is 218 g/mol. The van der Waals surface area contributed by atoms with Crippen LogP contribution in [0.4, 0.5) is 0 Å². The lowest BCUT2D eigenvalue weighted by atomic mass is 10.1. The number of carboxylic acids is 1. The van der Waals surface area contributed by atoms with Crippen LogP contribution in [0.15, 0.2) is 28.7 Å². The number of hydrogen-bond acceptors (Lipinski definition) is 2. The molecule has 3 nitrogen and oxygen atoms in total. The van der Waals surface area contributed by atoms with E-state index < -0.39 is 5.97 Å². The average molecular weight is 218 g/mol. The Bertz CT molecular complexity index is 523. The fraction of sp³-hybridized carbons (Fsp3) is 0.308. The van der Waals surface area contributed by atoms with E-state index in [1.807, 2.05) is 6.07 Å². The molecule has 1 aromatic carbocycles. The zero-order chi connectivity index (χ0) is 11.7. The van der Waals surface area contributed by atoms with Crippen LogP contribution in [0.2, 0.25) is 0 Å². The van der Waals surface area contributed by atoms with E-state index in [1.165, 1.54) is 0 Å². The van der Waals surface area contributed by atoms with Crippen LogP contribution in [-0.4, -0.2) is 11.1 Å². The summed E-state index contributed by atoms with van der Waals surface area (Å²) in [6.07, 6.45) is 0.872. The molecule has 2 rings (SSSR count). The lowest BCUT2D eigenvalue weighted by Gasteiger charge is -1.98. The van der Waals surface area contributed by atoms with Crippen LogP contribution in [0.5, 0.6) is 0 Å². The Balaban J connectivity index is 2.42. The molecule has 0 saturated carbocycles. The van der Waals surface area contributed by atoms with Gasteiger partial charge in [-0.25, -0.2) is 4.79 Å². The molecule has 0 aliphatic rings. The van der Waals surface area contributed by atoms with Crippen molar-refractivity contribution in [1.82, 2.24) is 0 Å². The summed E-state index contributed by atoms with van der Waals surface area (Å²) in [7, 11) is 0. The van der Waals surface area contributed by atoms with Crippen molar-refractivity contribution in [3.8, 4) is 0 Å². The summed E-state index contributed by atoms with van der Waals surface area (Å²) < 4.78 is 5.61. The van der Waals surface area contributed by atoms with Crippen molar-refractivity contribution in [2.45, 2.75) is 20.3 Å². The molecule has 0 saturated heterocycles. The molecule has 16 heavy (non-hydrogen) atoms. The van der Waals surface area contributed by atoms with Gasteiger partial charge in [-0.2, -0.15) is 0 Å². The van der Waals surface area contributed by atoms with E-state index in [-0.39, 0.29) is 5.56 Å². The van der Waals surface area contributed by atoms with Crippen LogP contribution in [0.3, 0.4) is 0 Å². The van der Waals surface area contributed by atoms with Crippen molar-refractivity contribution >= 4 is 16.9 Å². The molecule has 84 valence electrons. The van der Waals surface area contributed by atoms with Crippen LogP contribution < -0.4 is 0 Å². The predicted octanol–water partition coefficient (Wildman–Crippen LogP) is 3.33. The lowest BCUT2D eigenvalue weighted by Crippen LogP contribution is -1.94. The minimum absolute atomic E-state index is 0.262. The van der Waals surface area contributed by atoms with Crippen LogP contribution in [0.25, 0.3) is 11.0 Å². The third kappa shape index (κ3) is 2.08. The Morgan fingerprint density at radius 2 is 2.12 bits per heavy atom. The van der Waals surface area contributed by atoms with Crippen LogP contribution >= 0.6 is 0 Å². The number of fused-ring (bicyclic) bond motifs is 1. The number of aromatic carboxylic acids is 1. The zero-order valence-electron chi connectivity index (χ0n) is 9.36. The number of furan rings is 1. The van der Waals surface area contributed by atoms with E-state index in [0.29, 0.717) is 11.5 Å². The van der Waals surface area contributed by atoms with E-state index in [0.717, 1.165) is 17.6 Å². The largest absolute Gasteiger partial charge is 0.478 e. The third-order valence-corrected chi connectivity index (χ3v) is 2.43. The molecule has 0 spiro atoms. The summed E-state index contributed by atoms with van der Waals surface area (Å²) in [5.74, 6) is 0.510. The van der Waals surface area contributed by atoms with Gasteiger partial charge in [0.15, 0.2) is 0 Å². The van der Waals surface area contributed by atoms with Crippen LogP contribution in [0.1, 0.15) is 30.0 Å². The summed E-state index contributed by atoms with van der Waals surface area (Å²) in [5.41, 5.74) is 0.911. The maximum Gasteiger partial charge on any atom is 0.335 e. The van der Waals surface area contributed by atoms with E-state index in [1.54, 1.807) is 18.2 Å². The second kappa shape index (κ2) is 4.00. The second-order valence-electron chi connectivity index (χ2n) is 4.37. The molecule has 0 radical (unpaired) electrons. The van der Waals surface area contributed by atoms with Gasteiger partial charge in [0.25, 0.3) is 0 Å². The van der Waals surface area contributed by atoms with Gasteiger partial charge >= 0.3 is 5.97 Å². The van der Waals surface area contributed by atoms with Crippen molar-refractivity contribution in [3.63, 3.8) is 0 Å². The molecule has 0 atom stereocenters. The van der Waals surface area contributed by atoms with E-state index >= 15 is 0 Å². The number of rotatable bonds is 3. The number of hydrogen-bond donors (Lipinski definition) is 1. The first-order valence-corrected chi connectivity index (χ1v) is 5.32. The number of benzene rings is 1. The molecule has 2 aromatic rings. The van der Waals surface area contributed by atoms with Gasteiger partial charge in [0.05, 0.1) is 5.56 Å². The molecule has 0 bridgehead atoms. The summed E-state index contributed by atoms with van der Waals surface area (Å²) in [4.78, 5) is 10.8. The summed E-state index contributed by atoms with van der Waals surface area (Å²) in [6, 6.07) is 6.92. The quantitative estimate of drug-likeness (QED) is 0.859. The molecule has 1 N–H and O–H groups in total. The Hall–Kier alpha value is -1.77. The van der Waals surface area contributed by atoms with Crippen LogP contribution in [-0.2, 0) is 6.42 Å². The van der Waals surface area contributed by atoms with Crippen molar-refractivity contribution in [2.24, 2.45) is 5.92 Å². The van der Waals surface area contributed by atoms with Crippen molar-refractivity contribution in [1.29, 1.82) is 0 Å². The standard InChI is InChI=1S/C13H14O3/c1-8(2)5-11-6-9-3-4-10(13(14)15)7-12(9)16-11/h3-4,6-8H,5H2,1-2H3,(H,14,15). The zero-order valence-corrected chi connectivity index (χ0v) is 9.36. The van der Waals surface area contributed by atoms with Gasteiger partial charge in [0.1, 0.15) is 11.3 Å². The first-order valence-electron chi connectivity index (χ1n) is 5.32. The van der Waals surface area contributed by atoms with Gasteiger partial charge in [0.2, 0.25) is 0 Å². The van der Waals surface area contributed by atoms with Crippen molar-refractivity contribution in [2.75, 3.05) is 0 Å². The Morgan fingerprint density at radius 3 is 2.75 bits per heavy atom. The maximum atomic E-state index is 10.8. The number of carboxylic acid groups (broad SMARTS) is 1. The maximum absolute atomic E-state index is 10.8. The topological polar surface area (TPSA) is 50.4 Å². The molecule has 0 amide bonds. The minimum atomic E-state index is -0.927. The Labute approximate surface area is 93.7 Å². The Morgan fingerprint density at radius 1 is 1.38 bits per heavy atom. The van der Waals surface area contributed by atoms with Crippen molar-refractivity contribution in [3.05, 3.63) is 35.6 Å². The van der Waals surface area contributed by atoms with Gasteiger partial charge in [-0.1, -0.05) is 19.9 Å². The third-order valence-electron chi connectivity index (χ3n) is 2.43. The van der Waals surface area contributed by atoms with Crippen LogP contribution in [0, 0.1) is 5.92 Å². The highest BCUT2D eigenvalue weighted by molar-refractivity contribution is 5.92. The smallest absolute Gasteiger partial charge is 0.335 e. The second-order valence-corrected chi connectivity index (χ2v) is 4.37. The fourth-order valence-electron chi connectivity index (χ4n) is 1.72. The van der Waals surface area contributed by atoms with Gasteiger partial charge in [-0.15, -0.1) is 0 Å². The molecule has 0 unspecified atom stereocenters. The fourth-order valence-corrected chi connectivity index (χ4v) is 1.72. The molecular formula is C13H14O3. The predicted molar refractivity (Wildman–Crippen MR) is 61.7 cm³/mol. The summed E-state index contributed by atoms with van der Waals surface area (Å²) >= 11 is 0. The van der Waals surface area contributed by atoms with Gasteiger partial charge in [0, 0.05) is 11.8 Å². The molecule has 0 aliphatic heterocycles. The normalized spacial score (nSPS) is 11.2. The van der Waals surface area contributed by atoms with Gasteiger partial charge in [-0.05, 0) is 24.1 Å². The summed E-state index contributed by atoms with van der Waals surface area (Å²) in [5, 5.41) is 9.81. The molecule has 3 heteroatoms. The first-order chi connectivity index (χ1) is 7.56. The Kier molecular flexibility index (Phi) is 2.69. The summed E-state index contributed by atoms with van der Waals surface area (Å²) in [6.45, 7) is 4.24. The van der Waals surface area contributed by atoms with E-state index in [4.69, 9.17) is 9.52 Å². The highest BCUT2D eigenvalue weighted by Gasteiger charge is 2.09.